The Hall–Kier alpha value is -1.98. The van der Waals surface area contributed by atoms with Crippen LogP contribution in [0.2, 0.25) is 5.02 Å². The van der Waals surface area contributed by atoms with Gasteiger partial charge in [-0.15, -0.1) is 12.4 Å². The van der Waals surface area contributed by atoms with E-state index in [-0.39, 0.29) is 12.4 Å². The van der Waals surface area contributed by atoms with Crippen LogP contribution in [0.15, 0.2) is 49.2 Å². The molecule has 3 rings (SSSR count). The van der Waals surface area contributed by atoms with Gasteiger partial charge in [-0.05, 0) is 31.2 Å². The van der Waals surface area contributed by atoms with Crippen LogP contribution in [-0.4, -0.2) is 25.9 Å². The van der Waals surface area contributed by atoms with Gasteiger partial charge in [-0.1, -0.05) is 11.6 Å². The molecule has 0 aliphatic rings. The zero-order chi connectivity index (χ0) is 15.4. The molecule has 0 fully saturated rings. The maximum Gasteiger partial charge on any atom is 0.119 e. The first-order chi connectivity index (χ1) is 10.8. The summed E-state index contributed by atoms with van der Waals surface area (Å²) in [6.45, 7) is 4.20. The van der Waals surface area contributed by atoms with E-state index in [0.29, 0.717) is 11.6 Å². The number of halogens is 2. The lowest BCUT2D eigenvalue weighted by molar-refractivity contribution is 0.299. The molecule has 3 aromatic rings. The van der Waals surface area contributed by atoms with Gasteiger partial charge in [0.25, 0.3) is 0 Å². The summed E-state index contributed by atoms with van der Waals surface area (Å²) in [4.78, 5) is 4.22. The van der Waals surface area contributed by atoms with Crippen molar-refractivity contribution in [3.63, 3.8) is 0 Å². The fourth-order valence-corrected chi connectivity index (χ4v) is 2.33. The summed E-state index contributed by atoms with van der Waals surface area (Å²) in [5.74, 6) is 0.810. The number of imidazole rings is 1. The topological polar surface area (TPSA) is 44.9 Å². The van der Waals surface area contributed by atoms with Gasteiger partial charge in [0.2, 0.25) is 0 Å². The Morgan fingerprint density at radius 3 is 2.65 bits per heavy atom. The molecule has 2 aromatic heterocycles. The Labute approximate surface area is 146 Å². The van der Waals surface area contributed by atoms with E-state index in [1.165, 1.54) is 0 Å². The molecule has 23 heavy (non-hydrogen) atoms. The molecule has 0 unspecified atom stereocenters. The van der Waals surface area contributed by atoms with Crippen molar-refractivity contribution in [1.82, 2.24) is 19.3 Å². The first kappa shape index (κ1) is 17.4. The summed E-state index contributed by atoms with van der Waals surface area (Å²) in [5.41, 5.74) is 2.10. The second-order valence-electron chi connectivity index (χ2n) is 4.86. The summed E-state index contributed by atoms with van der Waals surface area (Å²) < 4.78 is 9.69. The first-order valence-electron chi connectivity index (χ1n) is 7.17. The molecule has 0 saturated heterocycles. The standard InChI is InChI=1S/C16H17ClN4O.ClH/c1-2-21-11-13(9-19-21)16-10-18-12-20(16)7-8-22-15-5-3-14(17)4-6-15;/h3-6,9-12H,2,7-8H2,1H3;1H. The average Bonchev–Trinajstić information content (AvgIpc) is 3.17. The highest BCUT2D eigenvalue weighted by Gasteiger charge is 2.07. The Morgan fingerprint density at radius 1 is 1.17 bits per heavy atom. The molecular weight excluding hydrogens is 335 g/mol. The van der Waals surface area contributed by atoms with Crippen LogP contribution >= 0.6 is 24.0 Å². The molecule has 0 saturated carbocycles. The Kier molecular flexibility index (Phi) is 6.07. The molecule has 0 amide bonds. The van der Waals surface area contributed by atoms with Crippen molar-refractivity contribution < 1.29 is 4.74 Å². The zero-order valence-electron chi connectivity index (χ0n) is 12.7. The highest BCUT2D eigenvalue weighted by atomic mass is 35.5. The lowest BCUT2D eigenvalue weighted by atomic mass is 10.3. The van der Waals surface area contributed by atoms with Crippen LogP contribution in [0.3, 0.4) is 0 Å². The number of rotatable bonds is 6. The largest absolute Gasteiger partial charge is 0.492 e. The molecule has 0 aliphatic heterocycles. The molecule has 5 nitrogen and oxygen atoms in total. The molecule has 0 atom stereocenters. The number of aryl methyl sites for hydroxylation is 1. The van der Waals surface area contributed by atoms with Crippen LogP contribution in [0.1, 0.15) is 6.92 Å². The molecule has 0 bridgehead atoms. The van der Waals surface area contributed by atoms with Gasteiger partial charge in [0.05, 0.1) is 31.0 Å². The summed E-state index contributed by atoms with van der Waals surface area (Å²) in [5, 5.41) is 5.01. The van der Waals surface area contributed by atoms with E-state index >= 15 is 0 Å². The number of hydrogen-bond donors (Lipinski definition) is 0. The van der Waals surface area contributed by atoms with Gasteiger partial charge >= 0.3 is 0 Å². The molecule has 7 heteroatoms. The van der Waals surface area contributed by atoms with Crippen LogP contribution in [-0.2, 0) is 13.1 Å². The van der Waals surface area contributed by atoms with E-state index in [1.54, 1.807) is 0 Å². The van der Waals surface area contributed by atoms with Crippen molar-refractivity contribution >= 4 is 24.0 Å². The van der Waals surface area contributed by atoms with E-state index < -0.39 is 0 Å². The van der Waals surface area contributed by atoms with E-state index in [4.69, 9.17) is 16.3 Å². The molecule has 0 N–H and O–H groups in total. The lowest BCUT2D eigenvalue weighted by Crippen LogP contribution is -2.08. The Balaban J connectivity index is 0.00000192. The highest BCUT2D eigenvalue weighted by Crippen LogP contribution is 2.19. The van der Waals surface area contributed by atoms with Gasteiger partial charge in [-0.25, -0.2) is 4.98 Å². The molecule has 0 radical (unpaired) electrons. The molecule has 2 heterocycles. The second-order valence-corrected chi connectivity index (χ2v) is 5.30. The number of nitrogens with zero attached hydrogens (tertiary/aromatic N) is 4. The minimum Gasteiger partial charge on any atom is -0.492 e. The Morgan fingerprint density at radius 2 is 1.96 bits per heavy atom. The van der Waals surface area contributed by atoms with Crippen LogP contribution in [0.25, 0.3) is 11.3 Å². The van der Waals surface area contributed by atoms with Crippen LogP contribution in [0, 0.1) is 0 Å². The van der Waals surface area contributed by atoms with E-state index in [9.17, 15) is 0 Å². The minimum atomic E-state index is 0. The molecular formula is C16H18Cl2N4O. The number of ether oxygens (including phenoxy) is 1. The van der Waals surface area contributed by atoms with Gasteiger partial charge < -0.3 is 9.30 Å². The van der Waals surface area contributed by atoms with Crippen molar-refractivity contribution in [2.45, 2.75) is 20.0 Å². The molecule has 0 spiro atoms. The fraction of sp³-hybridized carbons (Fsp3) is 0.250. The van der Waals surface area contributed by atoms with Crippen LogP contribution in [0.5, 0.6) is 5.75 Å². The number of hydrogen-bond acceptors (Lipinski definition) is 3. The predicted molar refractivity (Wildman–Crippen MR) is 93.3 cm³/mol. The third-order valence-corrected chi connectivity index (χ3v) is 3.63. The van der Waals surface area contributed by atoms with Crippen molar-refractivity contribution in [3.8, 4) is 17.0 Å². The molecule has 0 aliphatic carbocycles. The highest BCUT2D eigenvalue weighted by molar-refractivity contribution is 6.30. The average molecular weight is 353 g/mol. The lowest BCUT2D eigenvalue weighted by Gasteiger charge is -2.09. The fourth-order valence-electron chi connectivity index (χ4n) is 2.20. The molecule has 122 valence electrons. The van der Waals surface area contributed by atoms with Crippen molar-refractivity contribution in [2.75, 3.05) is 6.61 Å². The van der Waals surface area contributed by atoms with Gasteiger partial charge in [-0.3, -0.25) is 4.68 Å². The third-order valence-electron chi connectivity index (χ3n) is 3.38. The maximum absolute atomic E-state index is 5.85. The zero-order valence-corrected chi connectivity index (χ0v) is 14.3. The Bertz CT molecular complexity index is 737. The van der Waals surface area contributed by atoms with Crippen molar-refractivity contribution in [3.05, 3.63) is 54.2 Å². The van der Waals surface area contributed by atoms with Crippen LogP contribution in [0.4, 0.5) is 0 Å². The number of benzene rings is 1. The summed E-state index contributed by atoms with van der Waals surface area (Å²) in [6.07, 6.45) is 7.54. The summed E-state index contributed by atoms with van der Waals surface area (Å²) >= 11 is 5.85. The van der Waals surface area contributed by atoms with Crippen molar-refractivity contribution in [1.29, 1.82) is 0 Å². The minimum absolute atomic E-state index is 0. The first-order valence-corrected chi connectivity index (χ1v) is 7.55. The summed E-state index contributed by atoms with van der Waals surface area (Å²) in [7, 11) is 0. The van der Waals surface area contributed by atoms with Crippen LogP contribution < -0.4 is 4.74 Å². The SMILES string of the molecule is CCn1cc(-c2cncn2CCOc2ccc(Cl)cc2)cn1.Cl. The summed E-state index contributed by atoms with van der Waals surface area (Å²) in [6, 6.07) is 7.36. The van der Waals surface area contributed by atoms with E-state index in [0.717, 1.165) is 30.1 Å². The van der Waals surface area contributed by atoms with E-state index in [2.05, 4.69) is 21.6 Å². The predicted octanol–water partition coefficient (Wildman–Crippen LogP) is 3.92. The third kappa shape index (κ3) is 4.27. The normalized spacial score (nSPS) is 10.3. The quantitative estimate of drug-likeness (QED) is 0.675. The van der Waals surface area contributed by atoms with Crippen molar-refractivity contribution in [2.24, 2.45) is 0 Å². The van der Waals surface area contributed by atoms with Gasteiger partial charge in [-0.2, -0.15) is 5.10 Å². The number of aromatic nitrogens is 4. The monoisotopic (exact) mass is 352 g/mol. The van der Waals surface area contributed by atoms with Gasteiger partial charge in [0.1, 0.15) is 12.4 Å². The smallest absolute Gasteiger partial charge is 0.119 e. The second kappa shape index (κ2) is 8.04. The maximum atomic E-state index is 5.85. The van der Waals surface area contributed by atoms with Gasteiger partial charge in [0.15, 0.2) is 0 Å². The molecule has 1 aromatic carbocycles. The van der Waals surface area contributed by atoms with Gasteiger partial charge in [0, 0.05) is 23.3 Å². The van der Waals surface area contributed by atoms with E-state index in [1.807, 2.05) is 53.9 Å².